The van der Waals surface area contributed by atoms with Gasteiger partial charge >= 0.3 is 0 Å². The second kappa shape index (κ2) is 4.11. The predicted molar refractivity (Wildman–Crippen MR) is 67.6 cm³/mol. The van der Waals surface area contributed by atoms with Crippen molar-refractivity contribution in [2.24, 2.45) is 5.41 Å². The fraction of sp³-hybridized carbons (Fsp3) is 0.400. The summed E-state index contributed by atoms with van der Waals surface area (Å²) in [5, 5.41) is 10.2. The van der Waals surface area contributed by atoms with Crippen LogP contribution in [0.25, 0.3) is 0 Å². The summed E-state index contributed by atoms with van der Waals surface area (Å²) in [7, 11) is 0. The maximum absolute atomic E-state index is 11.8. The topological polar surface area (TPSA) is 37.3 Å². The van der Waals surface area contributed by atoms with Gasteiger partial charge < -0.3 is 5.11 Å². The van der Waals surface area contributed by atoms with Gasteiger partial charge in [-0.1, -0.05) is 49.8 Å². The first-order valence-electron chi connectivity index (χ1n) is 5.90. The van der Waals surface area contributed by atoms with Gasteiger partial charge in [0.05, 0.1) is 0 Å². The summed E-state index contributed by atoms with van der Waals surface area (Å²) in [4.78, 5) is 11.8. The number of hydrogen-bond acceptors (Lipinski definition) is 2. The fourth-order valence-electron chi connectivity index (χ4n) is 2.23. The molecule has 2 heteroatoms. The summed E-state index contributed by atoms with van der Waals surface area (Å²) in [5.41, 5.74) is 2.35. The quantitative estimate of drug-likeness (QED) is 0.848. The lowest BCUT2D eigenvalue weighted by Crippen LogP contribution is -2.08. The molecule has 1 aromatic rings. The molecule has 1 aliphatic rings. The third-order valence-electron chi connectivity index (χ3n) is 3.17. The summed E-state index contributed by atoms with van der Waals surface area (Å²) in [6.07, 6.45) is 1.61. The van der Waals surface area contributed by atoms with E-state index in [-0.39, 0.29) is 11.2 Å². The van der Waals surface area contributed by atoms with Gasteiger partial charge in [-0.25, -0.2) is 0 Å². The van der Waals surface area contributed by atoms with E-state index in [0.717, 1.165) is 11.1 Å². The standard InChI is InChI=1S/C15H18O2/c1-10-4-6-11(7-5-10)14(17)12-8-15(2,3)9-13(12)16/h4-8,14,17H,9H2,1-3H3. The van der Waals surface area contributed by atoms with E-state index in [4.69, 9.17) is 0 Å². The van der Waals surface area contributed by atoms with Crippen molar-refractivity contribution >= 4 is 5.78 Å². The predicted octanol–water partition coefficient (Wildman–Crippen LogP) is 2.95. The highest BCUT2D eigenvalue weighted by Crippen LogP contribution is 2.37. The smallest absolute Gasteiger partial charge is 0.162 e. The highest BCUT2D eigenvalue weighted by Gasteiger charge is 2.33. The largest absolute Gasteiger partial charge is 0.384 e. The van der Waals surface area contributed by atoms with Crippen LogP contribution in [-0.4, -0.2) is 10.9 Å². The summed E-state index contributed by atoms with van der Waals surface area (Å²) in [6.45, 7) is 6.03. The van der Waals surface area contributed by atoms with E-state index in [1.165, 1.54) is 0 Å². The molecule has 0 heterocycles. The highest BCUT2D eigenvalue weighted by atomic mass is 16.3. The lowest BCUT2D eigenvalue weighted by atomic mass is 9.93. The molecule has 0 aliphatic heterocycles. The van der Waals surface area contributed by atoms with Crippen LogP contribution in [0.2, 0.25) is 0 Å². The number of benzene rings is 1. The zero-order valence-electron chi connectivity index (χ0n) is 10.5. The Labute approximate surface area is 102 Å². The molecule has 0 fully saturated rings. The van der Waals surface area contributed by atoms with E-state index in [1.54, 1.807) is 0 Å². The van der Waals surface area contributed by atoms with Crippen LogP contribution >= 0.6 is 0 Å². The Morgan fingerprint density at radius 2 is 1.82 bits per heavy atom. The number of allylic oxidation sites excluding steroid dienone is 1. The molecule has 0 amide bonds. The van der Waals surface area contributed by atoms with Gasteiger partial charge in [0, 0.05) is 12.0 Å². The van der Waals surface area contributed by atoms with Gasteiger partial charge in [0.2, 0.25) is 0 Å². The highest BCUT2D eigenvalue weighted by molar-refractivity contribution is 5.99. The zero-order chi connectivity index (χ0) is 12.6. The van der Waals surface area contributed by atoms with Crippen molar-refractivity contribution in [2.75, 3.05) is 0 Å². The van der Waals surface area contributed by atoms with Crippen LogP contribution in [0, 0.1) is 12.3 Å². The van der Waals surface area contributed by atoms with Crippen molar-refractivity contribution in [1.82, 2.24) is 0 Å². The zero-order valence-corrected chi connectivity index (χ0v) is 10.5. The molecule has 0 aromatic heterocycles. The van der Waals surface area contributed by atoms with Crippen molar-refractivity contribution in [2.45, 2.75) is 33.3 Å². The number of hydrogen-bond donors (Lipinski definition) is 1. The molecule has 1 unspecified atom stereocenters. The SMILES string of the molecule is Cc1ccc(C(O)C2=CC(C)(C)CC2=O)cc1. The third-order valence-corrected chi connectivity index (χ3v) is 3.17. The number of aryl methyl sites for hydroxylation is 1. The Kier molecular flexibility index (Phi) is 2.92. The lowest BCUT2D eigenvalue weighted by molar-refractivity contribution is -0.116. The Hall–Kier alpha value is -1.41. The van der Waals surface area contributed by atoms with Crippen LogP contribution in [0.1, 0.15) is 37.5 Å². The van der Waals surface area contributed by atoms with E-state index in [0.29, 0.717) is 12.0 Å². The van der Waals surface area contributed by atoms with Gasteiger partial charge in [0.25, 0.3) is 0 Å². The summed E-state index contributed by atoms with van der Waals surface area (Å²) < 4.78 is 0. The maximum atomic E-state index is 11.8. The molecule has 1 aromatic carbocycles. The first-order valence-corrected chi connectivity index (χ1v) is 5.90. The molecular weight excluding hydrogens is 212 g/mol. The molecule has 2 rings (SSSR count). The van der Waals surface area contributed by atoms with Gasteiger partial charge in [-0.2, -0.15) is 0 Å². The number of aliphatic hydroxyl groups excluding tert-OH is 1. The Morgan fingerprint density at radius 1 is 1.24 bits per heavy atom. The van der Waals surface area contributed by atoms with E-state index in [9.17, 15) is 9.90 Å². The van der Waals surface area contributed by atoms with Crippen molar-refractivity contribution in [3.05, 3.63) is 47.0 Å². The van der Waals surface area contributed by atoms with E-state index >= 15 is 0 Å². The molecule has 0 bridgehead atoms. The van der Waals surface area contributed by atoms with Crippen LogP contribution in [-0.2, 0) is 4.79 Å². The van der Waals surface area contributed by atoms with Crippen molar-refractivity contribution in [3.63, 3.8) is 0 Å². The average Bonchev–Trinajstić information content (AvgIpc) is 2.52. The fourth-order valence-corrected chi connectivity index (χ4v) is 2.23. The minimum Gasteiger partial charge on any atom is -0.384 e. The maximum Gasteiger partial charge on any atom is 0.162 e. The van der Waals surface area contributed by atoms with Crippen LogP contribution in [0.15, 0.2) is 35.9 Å². The first kappa shape index (κ1) is 12.1. The summed E-state index contributed by atoms with van der Waals surface area (Å²) in [6, 6.07) is 7.65. The summed E-state index contributed by atoms with van der Waals surface area (Å²) >= 11 is 0. The third kappa shape index (κ3) is 2.47. The normalized spacial score (nSPS) is 20.2. The minimum atomic E-state index is -0.787. The van der Waals surface area contributed by atoms with Crippen molar-refractivity contribution < 1.29 is 9.90 Å². The minimum absolute atomic E-state index is 0.0584. The van der Waals surface area contributed by atoms with Crippen LogP contribution in [0.5, 0.6) is 0 Å². The second-order valence-electron chi connectivity index (χ2n) is 5.50. The Morgan fingerprint density at radius 3 is 2.29 bits per heavy atom. The van der Waals surface area contributed by atoms with Crippen LogP contribution in [0.4, 0.5) is 0 Å². The molecule has 1 N–H and O–H groups in total. The molecule has 1 aliphatic carbocycles. The summed E-state index contributed by atoms with van der Waals surface area (Å²) in [5.74, 6) is 0.0584. The number of Topliss-reactive ketones (excluding diaryl/α,β-unsaturated/α-hetero) is 1. The van der Waals surface area contributed by atoms with E-state index in [2.05, 4.69) is 0 Å². The van der Waals surface area contributed by atoms with Gasteiger partial charge in [0.15, 0.2) is 5.78 Å². The van der Waals surface area contributed by atoms with E-state index in [1.807, 2.05) is 51.1 Å². The molecule has 1 atom stereocenters. The molecule has 17 heavy (non-hydrogen) atoms. The molecule has 0 saturated heterocycles. The van der Waals surface area contributed by atoms with Gasteiger partial charge in [-0.15, -0.1) is 0 Å². The lowest BCUT2D eigenvalue weighted by Gasteiger charge is -2.12. The molecule has 0 radical (unpaired) electrons. The number of carbonyl (C=O) groups excluding carboxylic acids is 1. The number of aliphatic hydroxyl groups is 1. The average molecular weight is 230 g/mol. The molecule has 0 spiro atoms. The molecule has 2 nitrogen and oxygen atoms in total. The monoisotopic (exact) mass is 230 g/mol. The van der Waals surface area contributed by atoms with E-state index < -0.39 is 6.10 Å². The van der Waals surface area contributed by atoms with Crippen molar-refractivity contribution in [1.29, 1.82) is 0 Å². The van der Waals surface area contributed by atoms with Crippen molar-refractivity contribution in [3.8, 4) is 0 Å². The Balaban J connectivity index is 2.29. The number of rotatable bonds is 2. The molecule has 90 valence electrons. The van der Waals surface area contributed by atoms with Gasteiger partial charge in [-0.05, 0) is 17.9 Å². The second-order valence-corrected chi connectivity index (χ2v) is 5.50. The van der Waals surface area contributed by atoms with Crippen LogP contribution < -0.4 is 0 Å². The van der Waals surface area contributed by atoms with Gasteiger partial charge in [-0.3, -0.25) is 4.79 Å². The molecule has 0 saturated carbocycles. The number of ketones is 1. The Bertz CT molecular complexity index is 466. The number of carbonyl (C=O) groups is 1. The first-order chi connectivity index (χ1) is 7.89. The molecular formula is C15H18O2. The van der Waals surface area contributed by atoms with Crippen LogP contribution in [0.3, 0.4) is 0 Å². The van der Waals surface area contributed by atoms with Gasteiger partial charge in [0.1, 0.15) is 6.10 Å².